The van der Waals surface area contributed by atoms with Crippen molar-refractivity contribution in [1.82, 2.24) is 0 Å². The highest BCUT2D eigenvalue weighted by atomic mass is 35.5. The van der Waals surface area contributed by atoms with E-state index in [0.29, 0.717) is 10.7 Å². The Balaban J connectivity index is 2.33. The van der Waals surface area contributed by atoms with E-state index in [2.05, 4.69) is 6.07 Å². The third kappa shape index (κ3) is 1.72. The molecule has 2 nitrogen and oxygen atoms in total. The molecule has 0 bridgehead atoms. The molecule has 70 valence electrons. The molecular formula is C10H7ClN2S. The highest BCUT2D eigenvalue weighted by Crippen LogP contribution is 2.30. The Morgan fingerprint density at radius 1 is 1.50 bits per heavy atom. The standard InChI is InChI=1S/C10H7ClN2S/c11-8-2-1-3-9(4-8)13-7-14-6-10(13)5-12/h1-4,6H,7H2. The molecule has 1 heterocycles. The van der Waals surface area contributed by atoms with Crippen molar-refractivity contribution in [3.8, 4) is 6.07 Å². The third-order valence-electron chi connectivity index (χ3n) is 1.92. The van der Waals surface area contributed by atoms with Gasteiger partial charge in [-0.2, -0.15) is 5.26 Å². The van der Waals surface area contributed by atoms with E-state index >= 15 is 0 Å². The first-order valence-corrected chi connectivity index (χ1v) is 5.49. The number of hydrogen-bond donors (Lipinski definition) is 0. The number of allylic oxidation sites excluding steroid dienone is 1. The van der Waals surface area contributed by atoms with Crippen LogP contribution in [0.25, 0.3) is 0 Å². The minimum atomic E-state index is 0.678. The van der Waals surface area contributed by atoms with Crippen molar-refractivity contribution in [3.63, 3.8) is 0 Å². The number of hydrogen-bond acceptors (Lipinski definition) is 3. The van der Waals surface area contributed by atoms with Gasteiger partial charge in [0.1, 0.15) is 11.8 Å². The van der Waals surface area contributed by atoms with Gasteiger partial charge >= 0.3 is 0 Å². The Kier molecular flexibility index (Phi) is 2.67. The number of nitriles is 1. The van der Waals surface area contributed by atoms with Crippen molar-refractivity contribution in [1.29, 1.82) is 5.26 Å². The average Bonchev–Trinajstić information content (AvgIpc) is 2.65. The maximum atomic E-state index is 8.86. The van der Waals surface area contributed by atoms with Crippen LogP contribution in [0.3, 0.4) is 0 Å². The summed E-state index contributed by atoms with van der Waals surface area (Å²) in [6.07, 6.45) is 0. The fourth-order valence-corrected chi connectivity index (χ4v) is 2.30. The van der Waals surface area contributed by atoms with Crippen LogP contribution >= 0.6 is 23.4 Å². The van der Waals surface area contributed by atoms with Crippen LogP contribution < -0.4 is 4.90 Å². The lowest BCUT2D eigenvalue weighted by molar-refractivity contribution is 1.13. The maximum Gasteiger partial charge on any atom is 0.127 e. The molecule has 1 aromatic carbocycles. The molecule has 0 aliphatic carbocycles. The van der Waals surface area contributed by atoms with Crippen molar-refractivity contribution >= 4 is 29.1 Å². The first-order chi connectivity index (χ1) is 6.81. The summed E-state index contributed by atoms with van der Waals surface area (Å²) in [5.41, 5.74) is 1.65. The van der Waals surface area contributed by atoms with Gasteiger partial charge in [0.15, 0.2) is 0 Å². The van der Waals surface area contributed by atoms with E-state index in [-0.39, 0.29) is 0 Å². The normalized spacial score (nSPS) is 15.1. The largest absolute Gasteiger partial charge is 0.322 e. The Morgan fingerprint density at radius 2 is 2.36 bits per heavy atom. The van der Waals surface area contributed by atoms with Crippen LogP contribution in [0, 0.1) is 11.3 Å². The molecule has 0 radical (unpaired) electrons. The smallest absolute Gasteiger partial charge is 0.127 e. The molecule has 0 N–H and O–H groups in total. The quantitative estimate of drug-likeness (QED) is 0.730. The number of benzene rings is 1. The highest BCUT2D eigenvalue weighted by molar-refractivity contribution is 8.02. The number of halogens is 1. The van der Waals surface area contributed by atoms with Crippen LogP contribution in [0.1, 0.15) is 0 Å². The van der Waals surface area contributed by atoms with E-state index in [1.807, 2.05) is 34.6 Å². The van der Waals surface area contributed by atoms with Gasteiger partial charge in [0.2, 0.25) is 0 Å². The molecule has 2 rings (SSSR count). The summed E-state index contributed by atoms with van der Waals surface area (Å²) in [7, 11) is 0. The number of anilines is 1. The summed E-state index contributed by atoms with van der Waals surface area (Å²) in [4.78, 5) is 1.94. The Hall–Kier alpha value is -1.11. The zero-order chi connectivity index (χ0) is 9.97. The molecular weight excluding hydrogens is 216 g/mol. The molecule has 0 atom stereocenters. The number of thioether (sulfide) groups is 1. The topological polar surface area (TPSA) is 27.0 Å². The molecule has 0 spiro atoms. The van der Waals surface area contributed by atoms with E-state index in [1.54, 1.807) is 11.8 Å². The van der Waals surface area contributed by atoms with Crippen molar-refractivity contribution in [2.45, 2.75) is 0 Å². The lowest BCUT2D eigenvalue weighted by Crippen LogP contribution is -2.16. The molecule has 14 heavy (non-hydrogen) atoms. The Morgan fingerprint density at radius 3 is 3.07 bits per heavy atom. The lowest BCUT2D eigenvalue weighted by Gasteiger charge is -2.17. The monoisotopic (exact) mass is 222 g/mol. The molecule has 0 saturated heterocycles. The fourth-order valence-electron chi connectivity index (χ4n) is 1.27. The van der Waals surface area contributed by atoms with E-state index in [0.717, 1.165) is 11.6 Å². The second-order valence-electron chi connectivity index (χ2n) is 2.82. The van der Waals surface area contributed by atoms with Crippen LogP contribution in [-0.4, -0.2) is 5.88 Å². The molecule has 1 aliphatic rings. The zero-order valence-electron chi connectivity index (χ0n) is 7.27. The highest BCUT2D eigenvalue weighted by Gasteiger charge is 2.16. The molecule has 4 heteroatoms. The predicted octanol–water partition coefficient (Wildman–Crippen LogP) is 3.22. The molecule has 0 fully saturated rings. The molecule has 0 saturated carbocycles. The predicted molar refractivity (Wildman–Crippen MR) is 60.1 cm³/mol. The van der Waals surface area contributed by atoms with Crippen molar-refractivity contribution in [3.05, 3.63) is 40.4 Å². The summed E-state index contributed by atoms with van der Waals surface area (Å²) >= 11 is 7.49. The van der Waals surface area contributed by atoms with Gasteiger partial charge < -0.3 is 4.90 Å². The minimum Gasteiger partial charge on any atom is -0.322 e. The maximum absolute atomic E-state index is 8.86. The summed E-state index contributed by atoms with van der Waals surface area (Å²) in [5.74, 6) is 0.781. The first-order valence-electron chi connectivity index (χ1n) is 4.06. The SMILES string of the molecule is N#CC1=CSCN1c1cccc(Cl)c1. The average molecular weight is 223 g/mol. The molecule has 1 aromatic rings. The summed E-state index contributed by atoms with van der Waals surface area (Å²) < 4.78 is 0. The van der Waals surface area contributed by atoms with E-state index in [4.69, 9.17) is 16.9 Å². The number of nitrogens with zero attached hydrogens (tertiary/aromatic N) is 2. The van der Waals surface area contributed by atoms with Gasteiger partial charge in [0.05, 0.1) is 5.88 Å². The van der Waals surface area contributed by atoms with Gasteiger partial charge in [-0.3, -0.25) is 0 Å². The van der Waals surface area contributed by atoms with Crippen molar-refractivity contribution in [2.75, 3.05) is 10.8 Å². The van der Waals surface area contributed by atoms with Crippen LogP contribution in [-0.2, 0) is 0 Å². The summed E-state index contributed by atoms with van der Waals surface area (Å²) in [5, 5.41) is 11.4. The van der Waals surface area contributed by atoms with Gasteiger partial charge in [0.25, 0.3) is 0 Å². The van der Waals surface area contributed by atoms with Gasteiger partial charge in [-0.25, -0.2) is 0 Å². The summed E-state index contributed by atoms with van der Waals surface area (Å²) in [6, 6.07) is 9.67. The zero-order valence-corrected chi connectivity index (χ0v) is 8.85. The van der Waals surface area contributed by atoms with Gasteiger partial charge in [-0.05, 0) is 18.2 Å². The fraction of sp³-hybridized carbons (Fsp3) is 0.100. The summed E-state index contributed by atoms with van der Waals surface area (Å²) in [6.45, 7) is 0. The minimum absolute atomic E-state index is 0.678. The third-order valence-corrected chi connectivity index (χ3v) is 2.96. The first kappa shape index (κ1) is 9.45. The van der Waals surface area contributed by atoms with Crippen LogP contribution in [0.15, 0.2) is 35.4 Å². The number of rotatable bonds is 1. The van der Waals surface area contributed by atoms with E-state index in [9.17, 15) is 0 Å². The molecule has 0 aromatic heterocycles. The van der Waals surface area contributed by atoms with Crippen LogP contribution in [0.5, 0.6) is 0 Å². The van der Waals surface area contributed by atoms with Crippen molar-refractivity contribution in [2.24, 2.45) is 0 Å². The van der Waals surface area contributed by atoms with E-state index < -0.39 is 0 Å². The van der Waals surface area contributed by atoms with Gasteiger partial charge in [-0.15, -0.1) is 11.8 Å². The van der Waals surface area contributed by atoms with Gasteiger partial charge in [0, 0.05) is 16.1 Å². The van der Waals surface area contributed by atoms with Crippen LogP contribution in [0.2, 0.25) is 5.02 Å². The second-order valence-corrected chi connectivity index (χ2v) is 4.08. The van der Waals surface area contributed by atoms with Crippen molar-refractivity contribution < 1.29 is 0 Å². The Bertz CT molecular complexity index is 422. The lowest BCUT2D eigenvalue weighted by atomic mass is 10.3. The second kappa shape index (κ2) is 3.95. The van der Waals surface area contributed by atoms with E-state index in [1.165, 1.54) is 0 Å². The molecule has 1 aliphatic heterocycles. The van der Waals surface area contributed by atoms with Gasteiger partial charge in [-0.1, -0.05) is 17.7 Å². The molecule has 0 unspecified atom stereocenters. The molecule has 0 amide bonds. The van der Waals surface area contributed by atoms with Crippen LogP contribution in [0.4, 0.5) is 5.69 Å². The Labute approximate surface area is 91.8 Å².